The summed E-state index contributed by atoms with van der Waals surface area (Å²) >= 11 is 7.54. The van der Waals surface area contributed by atoms with Crippen LogP contribution in [0.25, 0.3) is 0 Å². The number of ether oxygens (including phenoxy) is 1. The van der Waals surface area contributed by atoms with Crippen molar-refractivity contribution in [1.82, 2.24) is 5.32 Å². The second-order valence-electron chi connectivity index (χ2n) is 3.89. The van der Waals surface area contributed by atoms with E-state index in [0.29, 0.717) is 17.4 Å². The van der Waals surface area contributed by atoms with Gasteiger partial charge in [0.1, 0.15) is 11.8 Å². The highest BCUT2D eigenvalue weighted by atomic mass is 35.5. The predicted molar refractivity (Wildman–Crippen MR) is 72.4 cm³/mol. The number of rotatable bonds is 4. The van der Waals surface area contributed by atoms with Crippen molar-refractivity contribution in [3.63, 3.8) is 0 Å². The van der Waals surface area contributed by atoms with E-state index in [2.05, 4.69) is 5.32 Å². The molecule has 0 unspecified atom stereocenters. The molecule has 2 atom stereocenters. The molecule has 0 saturated carbocycles. The Bertz CT molecular complexity index is 455. The van der Waals surface area contributed by atoms with Gasteiger partial charge in [-0.05, 0) is 25.1 Å². The largest absolute Gasteiger partial charge is 0.494 e. The van der Waals surface area contributed by atoms with Crippen LogP contribution in [0.4, 0.5) is 0 Å². The molecule has 1 aliphatic rings. The van der Waals surface area contributed by atoms with Gasteiger partial charge in [-0.2, -0.15) is 0 Å². The lowest BCUT2D eigenvalue weighted by molar-refractivity contribution is -0.138. The van der Waals surface area contributed by atoms with Gasteiger partial charge in [0.25, 0.3) is 0 Å². The van der Waals surface area contributed by atoms with Crippen molar-refractivity contribution in [1.29, 1.82) is 0 Å². The second-order valence-corrected chi connectivity index (χ2v) is 5.46. The number of carboxylic acids is 1. The summed E-state index contributed by atoms with van der Waals surface area (Å²) in [6, 6.07) is 4.89. The van der Waals surface area contributed by atoms with Crippen LogP contribution in [0.1, 0.15) is 17.9 Å². The number of carbonyl (C=O) groups is 1. The number of carboxylic acid groups (broad SMARTS) is 1. The molecule has 1 aromatic rings. The molecule has 0 aromatic heterocycles. The number of hydrogen-bond donors (Lipinski definition) is 2. The average molecular weight is 288 g/mol. The fourth-order valence-corrected chi connectivity index (χ4v) is 3.23. The Morgan fingerprint density at radius 3 is 3.06 bits per heavy atom. The summed E-state index contributed by atoms with van der Waals surface area (Å²) in [7, 11) is 0. The van der Waals surface area contributed by atoms with Crippen molar-refractivity contribution in [3.8, 4) is 5.75 Å². The van der Waals surface area contributed by atoms with Gasteiger partial charge in [0.15, 0.2) is 0 Å². The molecular formula is C12H14ClNO3S. The van der Waals surface area contributed by atoms with Crippen LogP contribution in [0.2, 0.25) is 5.02 Å². The minimum absolute atomic E-state index is 0.0913. The average Bonchev–Trinajstić information content (AvgIpc) is 2.81. The zero-order valence-electron chi connectivity index (χ0n) is 9.85. The number of aliphatic carboxylic acids is 1. The smallest absolute Gasteiger partial charge is 0.321 e. The Balaban J connectivity index is 2.22. The summed E-state index contributed by atoms with van der Waals surface area (Å²) in [6.45, 7) is 2.47. The van der Waals surface area contributed by atoms with E-state index in [4.69, 9.17) is 21.4 Å². The first kappa shape index (κ1) is 13.5. The molecule has 4 nitrogen and oxygen atoms in total. The Morgan fingerprint density at radius 1 is 1.67 bits per heavy atom. The summed E-state index contributed by atoms with van der Waals surface area (Å²) in [6.07, 6.45) is 0. The van der Waals surface area contributed by atoms with Crippen molar-refractivity contribution in [2.75, 3.05) is 12.4 Å². The molecule has 0 aliphatic carbocycles. The van der Waals surface area contributed by atoms with E-state index in [1.807, 2.05) is 19.1 Å². The molecule has 0 spiro atoms. The van der Waals surface area contributed by atoms with E-state index < -0.39 is 12.0 Å². The Morgan fingerprint density at radius 2 is 2.44 bits per heavy atom. The van der Waals surface area contributed by atoms with Crippen molar-refractivity contribution in [3.05, 3.63) is 28.8 Å². The number of hydrogen-bond acceptors (Lipinski definition) is 4. The van der Waals surface area contributed by atoms with E-state index in [9.17, 15) is 4.79 Å². The fourth-order valence-electron chi connectivity index (χ4n) is 1.80. The predicted octanol–water partition coefficient (Wildman–Crippen LogP) is 2.53. The molecule has 0 radical (unpaired) electrons. The third kappa shape index (κ3) is 2.91. The highest BCUT2D eigenvalue weighted by Gasteiger charge is 2.31. The SMILES string of the molecule is CCOc1ccc(Cl)cc1[C@@H]1N[C@@H](C(=O)O)CS1. The van der Waals surface area contributed by atoms with Gasteiger partial charge in [-0.1, -0.05) is 11.6 Å². The summed E-state index contributed by atoms with van der Waals surface area (Å²) in [4.78, 5) is 10.9. The molecule has 2 rings (SSSR count). The number of benzene rings is 1. The lowest BCUT2D eigenvalue weighted by Crippen LogP contribution is -2.33. The number of thioether (sulfide) groups is 1. The minimum Gasteiger partial charge on any atom is -0.494 e. The van der Waals surface area contributed by atoms with Crippen LogP contribution in [0.5, 0.6) is 5.75 Å². The molecule has 0 amide bonds. The van der Waals surface area contributed by atoms with Crippen LogP contribution in [0.3, 0.4) is 0 Å². The van der Waals surface area contributed by atoms with Crippen molar-refractivity contribution in [2.24, 2.45) is 0 Å². The number of nitrogens with one attached hydrogen (secondary N) is 1. The van der Waals surface area contributed by atoms with Crippen molar-refractivity contribution < 1.29 is 14.6 Å². The first-order valence-corrected chi connectivity index (χ1v) is 7.07. The maximum Gasteiger partial charge on any atom is 0.321 e. The third-order valence-electron chi connectivity index (χ3n) is 2.63. The van der Waals surface area contributed by atoms with Crippen LogP contribution in [-0.4, -0.2) is 29.5 Å². The standard InChI is InChI=1S/C12H14ClNO3S/c1-2-17-10-4-3-7(13)5-8(10)11-14-9(6-18-11)12(15)16/h3-5,9,11,14H,2,6H2,1H3,(H,15,16)/t9-,11-/m1/s1. The topological polar surface area (TPSA) is 58.6 Å². The van der Waals surface area contributed by atoms with Crippen molar-refractivity contribution in [2.45, 2.75) is 18.3 Å². The normalized spacial score (nSPS) is 23.0. The van der Waals surface area contributed by atoms with Crippen LogP contribution in [0, 0.1) is 0 Å². The van der Waals surface area contributed by atoms with Gasteiger partial charge >= 0.3 is 5.97 Å². The molecule has 2 N–H and O–H groups in total. The second kappa shape index (κ2) is 5.82. The van der Waals surface area contributed by atoms with Crippen LogP contribution in [0.15, 0.2) is 18.2 Å². The highest BCUT2D eigenvalue weighted by molar-refractivity contribution is 7.99. The van der Waals surface area contributed by atoms with Crippen molar-refractivity contribution >= 4 is 29.3 Å². The van der Waals surface area contributed by atoms with Gasteiger partial charge in [-0.25, -0.2) is 0 Å². The van der Waals surface area contributed by atoms with Gasteiger partial charge in [0.05, 0.1) is 12.0 Å². The summed E-state index contributed by atoms with van der Waals surface area (Å²) < 4.78 is 5.54. The molecule has 98 valence electrons. The van der Waals surface area contributed by atoms with Crippen LogP contribution >= 0.6 is 23.4 Å². The van der Waals surface area contributed by atoms with E-state index in [0.717, 1.165) is 11.3 Å². The molecule has 1 aliphatic heterocycles. The Hall–Kier alpha value is -0.910. The van der Waals surface area contributed by atoms with Gasteiger partial charge in [0.2, 0.25) is 0 Å². The van der Waals surface area contributed by atoms with E-state index in [-0.39, 0.29) is 5.37 Å². The van der Waals surface area contributed by atoms with Gasteiger partial charge in [-0.15, -0.1) is 11.8 Å². The molecule has 1 saturated heterocycles. The highest BCUT2D eigenvalue weighted by Crippen LogP contribution is 2.38. The first-order chi connectivity index (χ1) is 8.61. The zero-order valence-corrected chi connectivity index (χ0v) is 11.4. The summed E-state index contributed by atoms with van der Waals surface area (Å²) in [5, 5.41) is 12.6. The molecular weight excluding hydrogens is 274 g/mol. The Labute approximate surface area is 115 Å². The summed E-state index contributed by atoms with van der Waals surface area (Å²) in [5.41, 5.74) is 0.901. The lowest BCUT2D eigenvalue weighted by Gasteiger charge is -2.16. The molecule has 1 fully saturated rings. The molecule has 6 heteroatoms. The van der Waals surface area contributed by atoms with E-state index in [1.165, 1.54) is 0 Å². The number of halogens is 1. The van der Waals surface area contributed by atoms with Gasteiger partial charge < -0.3 is 9.84 Å². The summed E-state index contributed by atoms with van der Waals surface area (Å²) in [5.74, 6) is 0.459. The zero-order chi connectivity index (χ0) is 13.1. The first-order valence-electron chi connectivity index (χ1n) is 5.64. The molecule has 1 aromatic carbocycles. The minimum atomic E-state index is -0.829. The van der Waals surface area contributed by atoms with Gasteiger partial charge in [-0.3, -0.25) is 10.1 Å². The lowest BCUT2D eigenvalue weighted by atomic mass is 10.2. The Kier molecular flexibility index (Phi) is 4.37. The maximum absolute atomic E-state index is 10.9. The fraction of sp³-hybridized carbons (Fsp3) is 0.417. The quantitative estimate of drug-likeness (QED) is 0.891. The van der Waals surface area contributed by atoms with E-state index in [1.54, 1.807) is 17.8 Å². The van der Waals surface area contributed by atoms with E-state index >= 15 is 0 Å². The maximum atomic E-state index is 10.9. The monoisotopic (exact) mass is 287 g/mol. The van der Waals surface area contributed by atoms with Gasteiger partial charge in [0, 0.05) is 16.3 Å². The van der Waals surface area contributed by atoms with Crippen LogP contribution < -0.4 is 10.1 Å². The molecule has 0 bridgehead atoms. The molecule has 18 heavy (non-hydrogen) atoms. The third-order valence-corrected chi connectivity index (χ3v) is 4.12. The molecule has 1 heterocycles. The van der Waals surface area contributed by atoms with Crippen LogP contribution in [-0.2, 0) is 4.79 Å².